The molecule has 2 aromatic carbocycles. The zero-order chi connectivity index (χ0) is 19.9. The van der Waals surface area contributed by atoms with Crippen LogP contribution in [0.15, 0.2) is 79.1 Å². The molecule has 0 saturated heterocycles. The summed E-state index contributed by atoms with van der Waals surface area (Å²) in [6, 6.07) is 17.9. The van der Waals surface area contributed by atoms with Gasteiger partial charge in [0.2, 0.25) is 0 Å². The highest BCUT2D eigenvalue weighted by Gasteiger charge is 2.38. The predicted molar refractivity (Wildman–Crippen MR) is 98.8 cm³/mol. The smallest absolute Gasteiger partial charge is 0.180 e. The standard InChI is InChI=1S/C20H23S2.ClHO4/c1-3-5-11-16(10-4-2)22-19-14-8-6-12-17(19)21-18-13-7-9-15-20(18)22;2-1(3,4)5/h6-10,12-15H,3-5,11H2,1-2H3;(H,2,3,4,5)/q+1;/p-1/b16-10-;. The van der Waals surface area contributed by atoms with Crippen LogP contribution in [0.2, 0.25) is 0 Å². The van der Waals surface area contributed by atoms with E-state index in [1.54, 1.807) is 4.91 Å². The number of benzene rings is 2. The van der Waals surface area contributed by atoms with E-state index in [1.165, 1.54) is 38.8 Å². The van der Waals surface area contributed by atoms with Gasteiger partial charge in [-0.2, -0.15) is 0 Å². The first kappa shape index (κ1) is 22.3. The molecule has 0 radical (unpaired) electrons. The van der Waals surface area contributed by atoms with Gasteiger partial charge in [-0.05, 0) is 43.2 Å². The number of fused-ring (bicyclic) bond motifs is 2. The fraction of sp³-hybridized carbons (Fsp3) is 0.300. The summed E-state index contributed by atoms with van der Waals surface area (Å²) >= 11 is 1.93. The Kier molecular flexibility index (Phi) is 8.69. The third kappa shape index (κ3) is 6.84. The third-order valence-electron chi connectivity index (χ3n) is 3.83. The molecule has 0 aromatic heterocycles. The molecule has 0 unspecified atom stereocenters. The van der Waals surface area contributed by atoms with Crippen LogP contribution in [-0.2, 0) is 10.9 Å². The first-order valence-corrected chi connectivity index (χ1v) is 12.0. The lowest BCUT2D eigenvalue weighted by molar-refractivity contribution is -2.00. The summed E-state index contributed by atoms with van der Waals surface area (Å²) in [6.45, 7) is 4.54. The lowest BCUT2D eigenvalue weighted by Crippen LogP contribution is -2.68. The molecule has 0 bridgehead atoms. The van der Waals surface area contributed by atoms with Crippen LogP contribution in [-0.4, -0.2) is 0 Å². The normalized spacial score (nSPS) is 14.1. The average molecular weight is 427 g/mol. The van der Waals surface area contributed by atoms with Gasteiger partial charge in [-0.1, -0.05) is 56.3 Å². The van der Waals surface area contributed by atoms with E-state index >= 15 is 0 Å². The maximum Gasteiger partial charge on any atom is 0.180 e. The van der Waals surface area contributed by atoms with Crippen molar-refractivity contribution >= 4 is 22.7 Å². The van der Waals surface area contributed by atoms with Gasteiger partial charge in [-0.15, -0.1) is 10.2 Å². The van der Waals surface area contributed by atoms with E-state index in [2.05, 4.69) is 68.5 Å². The Bertz CT molecular complexity index is 723. The summed E-state index contributed by atoms with van der Waals surface area (Å²) in [5, 5.41) is 0. The molecule has 1 aliphatic heterocycles. The van der Waals surface area contributed by atoms with E-state index < -0.39 is 10.2 Å². The average Bonchev–Trinajstić information content (AvgIpc) is 2.62. The monoisotopic (exact) mass is 426 g/mol. The van der Waals surface area contributed by atoms with Gasteiger partial charge in [0.15, 0.2) is 9.79 Å². The number of halogens is 1. The zero-order valence-electron chi connectivity index (χ0n) is 15.4. The molecule has 27 heavy (non-hydrogen) atoms. The largest absolute Gasteiger partial charge is 0.222 e. The van der Waals surface area contributed by atoms with Crippen LogP contribution >= 0.6 is 11.8 Å². The second-order valence-electron chi connectivity index (χ2n) is 5.86. The summed E-state index contributed by atoms with van der Waals surface area (Å²) in [5.74, 6) is 0. The van der Waals surface area contributed by atoms with Crippen LogP contribution in [0.5, 0.6) is 0 Å². The molecule has 0 atom stereocenters. The van der Waals surface area contributed by atoms with Crippen LogP contribution in [0.1, 0.15) is 39.5 Å². The molecular formula is C20H23ClO4S2. The van der Waals surface area contributed by atoms with Crippen LogP contribution in [0, 0.1) is 10.2 Å². The highest BCUT2D eigenvalue weighted by Crippen LogP contribution is 2.48. The molecule has 0 amide bonds. The number of rotatable bonds is 5. The summed E-state index contributed by atoms with van der Waals surface area (Å²) in [5.41, 5.74) is 0. The van der Waals surface area contributed by atoms with Gasteiger partial charge in [-0.3, -0.25) is 0 Å². The van der Waals surface area contributed by atoms with Crippen LogP contribution < -0.4 is 18.6 Å². The fourth-order valence-electron chi connectivity index (χ4n) is 2.79. The molecule has 3 rings (SSSR count). The predicted octanol–water partition coefficient (Wildman–Crippen LogP) is 1.92. The molecule has 0 N–H and O–H groups in total. The summed E-state index contributed by atoms with van der Waals surface area (Å²) in [6.07, 6.45) is 7.37. The molecule has 146 valence electrons. The van der Waals surface area contributed by atoms with Crippen LogP contribution in [0.3, 0.4) is 0 Å². The topological polar surface area (TPSA) is 92.2 Å². The molecule has 0 spiro atoms. The van der Waals surface area contributed by atoms with Crippen molar-refractivity contribution in [1.29, 1.82) is 0 Å². The van der Waals surface area contributed by atoms with Crippen molar-refractivity contribution in [3.63, 3.8) is 0 Å². The number of allylic oxidation sites excluding steroid dienone is 2. The van der Waals surface area contributed by atoms with Crippen molar-refractivity contribution in [1.82, 2.24) is 0 Å². The molecule has 0 saturated carbocycles. The van der Waals surface area contributed by atoms with E-state index in [-0.39, 0.29) is 10.9 Å². The van der Waals surface area contributed by atoms with Gasteiger partial charge in [0.25, 0.3) is 0 Å². The minimum absolute atomic E-state index is 0.107. The van der Waals surface area contributed by atoms with Gasteiger partial charge in [0.05, 0.1) is 20.7 Å². The van der Waals surface area contributed by atoms with E-state index in [9.17, 15) is 0 Å². The van der Waals surface area contributed by atoms with Gasteiger partial charge in [0.1, 0.15) is 4.91 Å². The van der Waals surface area contributed by atoms with E-state index in [0.717, 1.165) is 6.42 Å². The highest BCUT2D eigenvalue weighted by molar-refractivity contribution is 8.05. The Balaban J connectivity index is 0.000000465. The van der Waals surface area contributed by atoms with Crippen molar-refractivity contribution < 1.29 is 28.9 Å². The Labute approximate surface area is 170 Å². The van der Waals surface area contributed by atoms with Crippen molar-refractivity contribution in [3.05, 3.63) is 59.5 Å². The van der Waals surface area contributed by atoms with Gasteiger partial charge >= 0.3 is 0 Å². The van der Waals surface area contributed by atoms with Crippen molar-refractivity contribution in [2.75, 3.05) is 0 Å². The Morgan fingerprint density at radius 1 is 0.926 bits per heavy atom. The van der Waals surface area contributed by atoms with E-state index in [0.29, 0.717) is 0 Å². The lowest BCUT2D eigenvalue weighted by atomic mass is 10.2. The minimum atomic E-state index is -4.94. The second-order valence-corrected chi connectivity index (χ2v) is 9.72. The first-order chi connectivity index (χ1) is 12.8. The Morgan fingerprint density at radius 3 is 1.85 bits per heavy atom. The molecule has 0 fully saturated rings. The minimum Gasteiger partial charge on any atom is -0.222 e. The Morgan fingerprint density at radius 2 is 1.41 bits per heavy atom. The second kappa shape index (κ2) is 10.5. The molecule has 1 heterocycles. The summed E-state index contributed by atoms with van der Waals surface area (Å²) in [4.78, 5) is 7.53. The van der Waals surface area contributed by atoms with E-state index in [4.69, 9.17) is 18.6 Å². The van der Waals surface area contributed by atoms with Crippen molar-refractivity contribution in [2.24, 2.45) is 0 Å². The first-order valence-electron chi connectivity index (χ1n) is 8.76. The van der Waals surface area contributed by atoms with Crippen LogP contribution in [0.25, 0.3) is 0 Å². The van der Waals surface area contributed by atoms with Gasteiger partial charge in [0, 0.05) is 6.42 Å². The zero-order valence-corrected chi connectivity index (χ0v) is 17.7. The molecule has 2 aromatic rings. The lowest BCUT2D eigenvalue weighted by Gasteiger charge is -2.20. The molecular weight excluding hydrogens is 404 g/mol. The van der Waals surface area contributed by atoms with Gasteiger partial charge in [-0.25, -0.2) is 18.6 Å². The van der Waals surface area contributed by atoms with Crippen LogP contribution in [0.4, 0.5) is 0 Å². The highest BCUT2D eigenvalue weighted by atomic mass is 35.7. The quantitative estimate of drug-likeness (QED) is 0.681. The van der Waals surface area contributed by atoms with Crippen molar-refractivity contribution in [3.8, 4) is 0 Å². The molecule has 4 nitrogen and oxygen atoms in total. The Hall–Kier alpha value is -0.990. The summed E-state index contributed by atoms with van der Waals surface area (Å²) < 4.78 is 34.0. The maximum absolute atomic E-state index is 8.49. The van der Waals surface area contributed by atoms with Crippen molar-refractivity contribution in [2.45, 2.75) is 59.1 Å². The molecule has 0 aliphatic carbocycles. The maximum atomic E-state index is 8.49. The number of hydrogen-bond donors (Lipinski definition) is 0. The van der Waals surface area contributed by atoms with E-state index in [1.807, 2.05) is 11.8 Å². The number of unbranched alkanes of at least 4 members (excludes halogenated alkanes) is 1. The molecule has 1 aliphatic rings. The number of hydrogen-bond acceptors (Lipinski definition) is 5. The fourth-order valence-corrected chi connectivity index (χ4v) is 6.86. The summed E-state index contributed by atoms with van der Waals surface area (Å²) in [7, 11) is -4.84. The van der Waals surface area contributed by atoms with Gasteiger partial charge < -0.3 is 0 Å². The molecule has 7 heteroatoms. The SMILES string of the molecule is CC/C=C(/CCCC)[S+]1c2ccccc2Sc2ccccc21.[O-][Cl+3]([O-])([O-])[O-]. The third-order valence-corrected chi connectivity index (χ3v) is 7.73.